The Morgan fingerprint density at radius 1 is 1.14 bits per heavy atom. The van der Waals surface area contributed by atoms with Crippen molar-refractivity contribution in [3.63, 3.8) is 0 Å². The van der Waals surface area contributed by atoms with Gasteiger partial charge < -0.3 is 25.2 Å². The highest BCUT2D eigenvalue weighted by Gasteiger charge is 2.19. The second-order valence-corrected chi connectivity index (χ2v) is 10.4. The molecule has 4 aromatic rings. The van der Waals surface area contributed by atoms with Crippen molar-refractivity contribution in [2.24, 2.45) is 0 Å². The molecular weight excluding hydrogens is 506 g/mol. The maximum atomic E-state index is 5.70. The number of aromatic nitrogens is 3. The zero-order valence-corrected chi connectivity index (χ0v) is 23.3. The van der Waals surface area contributed by atoms with Gasteiger partial charge in [0, 0.05) is 49.1 Å². The Labute approximate surface area is 228 Å². The summed E-state index contributed by atoms with van der Waals surface area (Å²) in [6.45, 7) is 6.84. The fraction of sp³-hybridized carbons (Fsp3) is 0.370. The van der Waals surface area contributed by atoms with Gasteiger partial charge in [0.15, 0.2) is 5.82 Å². The molecule has 1 aliphatic heterocycles. The number of rotatable bonds is 8. The van der Waals surface area contributed by atoms with E-state index in [-0.39, 0.29) is 18.4 Å². The van der Waals surface area contributed by atoms with Crippen molar-refractivity contribution in [3.8, 4) is 16.9 Å². The van der Waals surface area contributed by atoms with Crippen LogP contribution in [0.4, 0.5) is 11.5 Å². The Bertz CT molecular complexity index is 1340. The van der Waals surface area contributed by atoms with Gasteiger partial charge in [-0.15, -0.1) is 33.9 Å². The third kappa shape index (κ3) is 5.96. The molecule has 2 aromatic heterocycles. The summed E-state index contributed by atoms with van der Waals surface area (Å²) in [7, 11) is 5.91. The minimum atomic E-state index is 0. The number of nitrogens with one attached hydrogen (secondary N) is 2. The lowest BCUT2D eigenvalue weighted by atomic mass is 10.0. The highest BCUT2D eigenvalue weighted by molar-refractivity contribution is 7.10. The summed E-state index contributed by atoms with van der Waals surface area (Å²) in [6, 6.07) is 15.1. The number of ether oxygens (including phenoxy) is 1. The molecule has 0 amide bonds. The van der Waals surface area contributed by atoms with E-state index in [4.69, 9.17) is 4.74 Å². The van der Waals surface area contributed by atoms with Crippen LogP contribution in [0.1, 0.15) is 23.4 Å². The lowest BCUT2D eigenvalue weighted by Crippen LogP contribution is -2.43. The van der Waals surface area contributed by atoms with Gasteiger partial charge >= 0.3 is 0 Å². The number of halogens is 1. The first kappa shape index (κ1) is 27.1. The molecule has 0 spiro atoms. The van der Waals surface area contributed by atoms with E-state index in [0.29, 0.717) is 0 Å². The van der Waals surface area contributed by atoms with Gasteiger partial charge in [-0.05, 0) is 60.4 Å². The maximum Gasteiger partial charge on any atom is 0.160 e. The number of methoxy groups -OCH3 is 1. The number of anilines is 2. The fourth-order valence-electron chi connectivity index (χ4n) is 4.70. The molecule has 37 heavy (non-hydrogen) atoms. The molecule has 5 rings (SSSR count). The number of nitrogens with zero attached hydrogens (tertiary/aromatic N) is 5. The van der Waals surface area contributed by atoms with Gasteiger partial charge in [-0.1, -0.05) is 24.3 Å². The first-order valence-corrected chi connectivity index (χ1v) is 13.2. The average Bonchev–Trinajstić information content (AvgIpc) is 3.39. The van der Waals surface area contributed by atoms with E-state index >= 15 is 0 Å². The molecule has 10 heteroatoms. The molecular formula is C27H34ClN7OS. The van der Waals surface area contributed by atoms with Gasteiger partial charge in [0.1, 0.15) is 11.3 Å². The second-order valence-electron chi connectivity index (χ2n) is 9.42. The maximum absolute atomic E-state index is 5.70. The molecule has 3 heterocycles. The average molecular weight is 540 g/mol. The Morgan fingerprint density at radius 3 is 2.68 bits per heavy atom. The molecule has 0 aliphatic carbocycles. The van der Waals surface area contributed by atoms with Crippen LogP contribution >= 0.6 is 23.7 Å². The van der Waals surface area contributed by atoms with Gasteiger partial charge in [0.25, 0.3) is 0 Å². The molecule has 1 fully saturated rings. The predicted octanol–water partition coefficient (Wildman–Crippen LogP) is 4.83. The highest BCUT2D eigenvalue weighted by atomic mass is 35.5. The predicted molar refractivity (Wildman–Crippen MR) is 155 cm³/mol. The van der Waals surface area contributed by atoms with E-state index in [1.54, 1.807) is 18.4 Å². The van der Waals surface area contributed by atoms with E-state index in [2.05, 4.69) is 98.6 Å². The molecule has 2 aromatic carbocycles. The van der Waals surface area contributed by atoms with Crippen molar-refractivity contribution in [3.05, 3.63) is 58.3 Å². The summed E-state index contributed by atoms with van der Waals surface area (Å²) in [5.41, 5.74) is 5.68. The summed E-state index contributed by atoms with van der Waals surface area (Å²) in [4.78, 5) is 5.79. The zero-order valence-electron chi connectivity index (χ0n) is 21.7. The third-order valence-corrected chi connectivity index (χ3v) is 7.64. The van der Waals surface area contributed by atoms with Crippen molar-refractivity contribution < 1.29 is 4.74 Å². The molecule has 0 unspecified atom stereocenters. The van der Waals surface area contributed by atoms with Gasteiger partial charge in [0.05, 0.1) is 18.8 Å². The normalized spacial score (nSPS) is 14.5. The van der Waals surface area contributed by atoms with Crippen LogP contribution in [0, 0.1) is 0 Å². The van der Waals surface area contributed by atoms with E-state index in [1.165, 1.54) is 21.6 Å². The number of fused-ring (bicyclic) bond motifs is 1. The van der Waals surface area contributed by atoms with Crippen molar-refractivity contribution in [2.45, 2.75) is 19.5 Å². The van der Waals surface area contributed by atoms with Crippen molar-refractivity contribution in [1.29, 1.82) is 0 Å². The van der Waals surface area contributed by atoms with Gasteiger partial charge in [-0.3, -0.25) is 0 Å². The molecule has 1 atom stereocenters. The van der Waals surface area contributed by atoms with Gasteiger partial charge in [-0.25, -0.2) is 0 Å². The van der Waals surface area contributed by atoms with Crippen LogP contribution < -0.4 is 20.3 Å². The van der Waals surface area contributed by atoms with Crippen LogP contribution in [0.15, 0.2) is 47.8 Å². The second kappa shape index (κ2) is 12.0. The van der Waals surface area contributed by atoms with Crippen molar-refractivity contribution >= 4 is 46.2 Å². The quantitative estimate of drug-likeness (QED) is 0.330. The van der Waals surface area contributed by atoms with Crippen molar-refractivity contribution in [2.75, 3.05) is 57.6 Å². The van der Waals surface area contributed by atoms with Gasteiger partial charge in [0.2, 0.25) is 0 Å². The van der Waals surface area contributed by atoms with Crippen LogP contribution in [-0.2, 0) is 6.54 Å². The molecule has 8 nitrogen and oxygen atoms in total. The molecule has 196 valence electrons. The molecule has 0 radical (unpaired) electrons. The Kier molecular flexibility index (Phi) is 8.81. The lowest BCUT2D eigenvalue weighted by molar-refractivity contribution is 0.403. The molecule has 0 bridgehead atoms. The van der Waals surface area contributed by atoms with E-state index < -0.39 is 0 Å². The summed E-state index contributed by atoms with van der Waals surface area (Å²) >= 11 is 1.76. The number of hydrogen-bond donors (Lipinski definition) is 2. The Hall–Kier alpha value is -2.98. The molecule has 1 saturated heterocycles. The SMILES string of the molecule is COc1cc2nnnc(N[C@H](C)c3cc(-c4ccccc4CN(C)C)cs3)c2cc1N1CCNCC1.Cl. The van der Waals surface area contributed by atoms with E-state index in [0.717, 1.165) is 60.9 Å². The highest BCUT2D eigenvalue weighted by Crippen LogP contribution is 2.37. The number of benzene rings is 2. The summed E-state index contributed by atoms with van der Waals surface area (Å²) in [5, 5.41) is 22.9. The molecule has 1 aliphatic rings. The largest absolute Gasteiger partial charge is 0.495 e. The smallest absolute Gasteiger partial charge is 0.160 e. The summed E-state index contributed by atoms with van der Waals surface area (Å²) < 4.78 is 5.70. The molecule has 0 saturated carbocycles. The van der Waals surface area contributed by atoms with Crippen LogP contribution in [0.2, 0.25) is 0 Å². The minimum absolute atomic E-state index is 0. The minimum Gasteiger partial charge on any atom is -0.495 e. The lowest BCUT2D eigenvalue weighted by Gasteiger charge is -2.30. The summed E-state index contributed by atoms with van der Waals surface area (Å²) in [6.07, 6.45) is 0. The van der Waals surface area contributed by atoms with Crippen LogP contribution in [-0.4, -0.2) is 67.7 Å². The van der Waals surface area contributed by atoms with Gasteiger partial charge in [-0.2, -0.15) is 0 Å². The van der Waals surface area contributed by atoms with Crippen LogP contribution in [0.25, 0.3) is 22.0 Å². The van der Waals surface area contributed by atoms with Crippen molar-refractivity contribution in [1.82, 2.24) is 25.6 Å². The standard InChI is InChI=1S/C27H33N7OS.ClH/c1-18(26-13-20(17-36-26)21-8-6-5-7-19(21)16-33(2)3)29-27-22-14-24(34-11-9-28-10-12-34)25(35-4)15-23(22)30-32-31-27;/h5-8,13-15,17-18,28H,9-12,16H2,1-4H3,(H,29,30,31);1H/t18-;/m1./s1. The Balaban J connectivity index is 0.00000320. The monoisotopic (exact) mass is 539 g/mol. The number of hydrogen-bond acceptors (Lipinski definition) is 9. The Morgan fingerprint density at radius 2 is 1.92 bits per heavy atom. The van der Waals surface area contributed by atoms with Crippen LogP contribution in [0.3, 0.4) is 0 Å². The van der Waals surface area contributed by atoms with E-state index in [1.807, 2.05) is 6.07 Å². The first-order chi connectivity index (χ1) is 17.5. The summed E-state index contributed by atoms with van der Waals surface area (Å²) in [5.74, 6) is 1.54. The van der Waals surface area contributed by atoms with E-state index in [9.17, 15) is 0 Å². The van der Waals surface area contributed by atoms with Crippen LogP contribution in [0.5, 0.6) is 5.75 Å². The third-order valence-electron chi connectivity index (χ3n) is 6.52. The number of piperazine rings is 1. The first-order valence-electron chi connectivity index (χ1n) is 12.3. The number of thiophene rings is 1. The molecule has 2 N–H and O–H groups in total. The fourth-order valence-corrected chi connectivity index (χ4v) is 5.62. The zero-order chi connectivity index (χ0) is 25.1. The topological polar surface area (TPSA) is 78.4 Å².